The summed E-state index contributed by atoms with van der Waals surface area (Å²) < 4.78 is 0. The molecule has 2 rings (SSSR count). The monoisotopic (exact) mass is 446 g/mol. The van der Waals surface area contributed by atoms with Crippen molar-refractivity contribution >= 4 is 21.8 Å². The summed E-state index contributed by atoms with van der Waals surface area (Å²) in [6.45, 7) is 8.26. The fourth-order valence-corrected chi connectivity index (χ4v) is 3.28. The topological polar surface area (TPSA) is 32.3 Å². The number of amides is 1. The van der Waals surface area contributed by atoms with Crippen molar-refractivity contribution in [2.24, 2.45) is 0 Å². The zero-order valence-electron chi connectivity index (χ0n) is 18.3. The van der Waals surface area contributed by atoms with Gasteiger partial charge >= 0.3 is 0 Å². The van der Waals surface area contributed by atoms with Crippen LogP contribution in [0.25, 0.3) is 0 Å². The van der Waals surface area contributed by atoms with Crippen LogP contribution in [0.3, 0.4) is 0 Å². The minimum Gasteiger partial charge on any atom is -0.350 e. The molecule has 1 unspecified atom stereocenters. The van der Waals surface area contributed by atoms with E-state index in [1.807, 2.05) is 63.0 Å². The standard InChI is InChI=1S/C23H32N2O.CH3Br/c1-18(25(5)6)17-23(19-13-9-7-10-14-19,20-15-11-8-12-16-20)21(26)24-22(2,3)4;1-2/h7-16,18H,17H2,1-6H3,(H,24,26);1H3. The largest absolute Gasteiger partial charge is 0.350 e. The first-order valence-electron chi connectivity index (χ1n) is 9.65. The average molecular weight is 447 g/mol. The van der Waals surface area contributed by atoms with E-state index in [0.29, 0.717) is 6.42 Å². The quantitative estimate of drug-likeness (QED) is 0.615. The highest BCUT2D eigenvalue weighted by atomic mass is 79.9. The number of benzene rings is 2. The van der Waals surface area contributed by atoms with E-state index in [9.17, 15) is 4.79 Å². The molecule has 0 saturated carbocycles. The molecule has 0 radical (unpaired) electrons. The van der Waals surface area contributed by atoms with Crippen LogP contribution in [0.5, 0.6) is 0 Å². The second-order valence-electron chi connectivity index (χ2n) is 8.36. The molecule has 0 aromatic heterocycles. The van der Waals surface area contributed by atoms with Crippen LogP contribution in [0.15, 0.2) is 60.7 Å². The SMILES string of the molecule is CBr.CC(CC(C(=O)NC(C)(C)C)(c1ccccc1)c1ccccc1)N(C)C. The van der Waals surface area contributed by atoms with Crippen LogP contribution in [0.1, 0.15) is 45.2 Å². The number of carbonyl (C=O) groups is 1. The summed E-state index contributed by atoms with van der Waals surface area (Å²) >= 11 is 2.94. The van der Waals surface area contributed by atoms with Gasteiger partial charge in [0.1, 0.15) is 5.41 Å². The third kappa shape index (κ3) is 6.18. The molecule has 0 aliphatic heterocycles. The van der Waals surface area contributed by atoms with Crippen molar-refractivity contribution in [3.63, 3.8) is 0 Å². The van der Waals surface area contributed by atoms with Gasteiger partial charge in [-0.05, 0) is 65.2 Å². The van der Waals surface area contributed by atoms with Gasteiger partial charge in [-0.2, -0.15) is 0 Å². The number of hydrogen-bond acceptors (Lipinski definition) is 2. The molecule has 0 heterocycles. The zero-order chi connectivity index (χ0) is 21.4. The van der Waals surface area contributed by atoms with Gasteiger partial charge in [0.05, 0.1) is 0 Å². The van der Waals surface area contributed by atoms with Crippen molar-refractivity contribution in [2.45, 2.75) is 51.1 Å². The van der Waals surface area contributed by atoms with Crippen molar-refractivity contribution in [1.82, 2.24) is 10.2 Å². The normalized spacial score (nSPS) is 12.8. The molecule has 0 saturated heterocycles. The van der Waals surface area contributed by atoms with Crippen LogP contribution in [0.2, 0.25) is 0 Å². The fourth-order valence-electron chi connectivity index (χ4n) is 3.28. The first kappa shape index (κ1) is 24.4. The summed E-state index contributed by atoms with van der Waals surface area (Å²) in [5.74, 6) is 1.86. The molecule has 1 N–H and O–H groups in total. The molecule has 0 fully saturated rings. The molecule has 2 aromatic carbocycles. The van der Waals surface area contributed by atoms with Gasteiger partial charge in [0.15, 0.2) is 0 Å². The molecule has 0 spiro atoms. The maximum atomic E-state index is 13.7. The van der Waals surface area contributed by atoms with E-state index in [1.165, 1.54) is 0 Å². The lowest BCUT2D eigenvalue weighted by Crippen LogP contribution is -2.53. The van der Waals surface area contributed by atoms with Crippen molar-refractivity contribution in [3.8, 4) is 0 Å². The molecular formula is C24H35BrN2O. The molecule has 0 bridgehead atoms. The van der Waals surface area contributed by atoms with E-state index in [2.05, 4.69) is 71.4 Å². The number of nitrogens with one attached hydrogen (secondary N) is 1. The van der Waals surface area contributed by atoms with Gasteiger partial charge in [-0.15, -0.1) is 0 Å². The van der Waals surface area contributed by atoms with Crippen molar-refractivity contribution < 1.29 is 4.79 Å². The lowest BCUT2D eigenvalue weighted by atomic mass is 9.69. The Bertz CT molecular complexity index is 669. The van der Waals surface area contributed by atoms with E-state index in [-0.39, 0.29) is 17.5 Å². The fraction of sp³-hybridized carbons (Fsp3) is 0.458. The summed E-state index contributed by atoms with van der Waals surface area (Å²) in [6, 6.07) is 20.5. The molecule has 154 valence electrons. The Labute approximate surface area is 179 Å². The second kappa shape index (κ2) is 10.8. The number of nitrogens with zero attached hydrogens (tertiary/aromatic N) is 1. The molecule has 1 atom stereocenters. The number of halogens is 1. The average Bonchev–Trinajstić information content (AvgIpc) is 2.67. The highest BCUT2D eigenvalue weighted by Crippen LogP contribution is 2.38. The Hall–Kier alpha value is -1.65. The van der Waals surface area contributed by atoms with E-state index in [0.717, 1.165) is 11.1 Å². The Morgan fingerprint density at radius 1 is 0.929 bits per heavy atom. The molecule has 0 aliphatic rings. The Morgan fingerprint density at radius 2 is 1.32 bits per heavy atom. The molecule has 3 nitrogen and oxygen atoms in total. The first-order valence-corrected chi connectivity index (χ1v) is 11.2. The minimum atomic E-state index is -0.737. The minimum absolute atomic E-state index is 0.0519. The maximum Gasteiger partial charge on any atom is 0.235 e. The van der Waals surface area contributed by atoms with Crippen LogP contribution < -0.4 is 5.32 Å². The number of rotatable bonds is 6. The van der Waals surface area contributed by atoms with Crippen molar-refractivity contribution in [2.75, 3.05) is 19.9 Å². The smallest absolute Gasteiger partial charge is 0.235 e. The molecular weight excluding hydrogens is 412 g/mol. The van der Waals surface area contributed by atoms with Crippen LogP contribution in [0.4, 0.5) is 0 Å². The molecule has 1 amide bonds. The van der Waals surface area contributed by atoms with Gasteiger partial charge in [0.25, 0.3) is 0 Å². The van der Waals surface area contributed by atoms with Gasteiger partial charge in [0.2, 0.25) is 5.91 Å². The summed E-state index contributed by atoms with van der Waals surface area (Å²) in [7, 11) is 4.13. The van der Waals surface area contributed by atoms with Crippen LogP contribution >= 0.6 is 15.9 Å². The van der Waals surface area contributed by atoms with Crippen LogP contribution in [0, 0.1) is 0 Å². The summed E-state index contributed by atoms with van der Waals surface area (Å²) in [5.41, 5.74) is 1.02. The Kier molecular flexibility index (Phi) is 9.38. The Balaban J connectivity index is 0.00000190. The number of carbonyl (C=O) groups excluding carboxylic acids is 1. The first-order chi connectivity index (χ1) is 13.2. The van der Waals surface area contributed by atoms with E-state index >= 15 is 0 Å². The van der Waals surface area contributed by atoms with Gasteiger partial charge in [-0.3, -0.25) is 4.79 Å². The molecule has 2 aromatic rings. The third-order valence-corrected chi connectivity index (χ3v) is 4.89. The van der Waals surface area contributed by atoms with Gasteiger partial charge in [-0.1, -0.05) is 76.6 Å². The van der Waals surface area contributed by atoms with Gasteiger partial charge < -0.3 is 10.2 Å². The number of hydrogen-bond donors (Lipinski definition) is 1. The van der Waals surface area contributed by atoms with E-state index < -0.39 is 5.41 Å². The van der Waals surface area contributed by atoms with Gasteiger partial charge in [-0.25, -0.2) is 0 Å². The predicted molar refractivity (Wildman–Crippen MR) is 124 cm³/mol. The van der Waals surface area contributed by atoms with Gasteiger partial charge in [0, 0.05) is 11.6 Å². The molecule has 28 heavy (non-hydrogen) atoms. The summed E-state index contributed by atoms with van der Waals surface area (Å²) in [6.07, 6.45) is 0.704. The highest BCUT2D eigenvalue weighted by molar-refractivity contribution is 9.08. The highest BCUT2D eigenvalue weighted by Gasteiger charge is 2.44. The summed E-state index contributed by atoms with van der Waals surface area (Å²) in [5, 5.41) is 3.24. The van der Waals surface area contributed by atoms with E-state index in [4.69, 9.17) is 0 Å². The van der Waals surface area contributed by atoms with Crippen LogP contribution in [-0.2, 0) is 10.2 Å². The lowest BCUT2D eigenvalue weighted by molar-refractivity contribution is -0.127. The predicted octanol–water partition coefficient (Wildman–Crippen LogP) is 5.24. The third-order valence-electron chi connectivity index (χ3n) is 4.89. The van der Waals surface area contributed by atoms with Crippen molar-refractivity contribution in [3.05, 3.63) is 71.8 Å². The number of alkyl halides is 1. The Morgan fingerprint density at radius 3 is 1.64 bits per heavy atom. The van der Waals surface area contributed by atoms with Crippen LogP contribution in [-0.4, -0.2) is 42.3 Å². The van der Waals surface area contributed by atoms with Crippen molar-refractivity contribution in [1.29, 1.82) is 0 Å². The second-order valence-corrected chi connectivity index (χ2v) is 8.36. The summed E-state index contributed by atoms with van der Waals surface area (Å²) in [4.78, 5) is 15.9. The molecule has 0 aliphatic carbocycles. The lowest BCUT2D eigenvalue weighted by Gasteiger charge is -2.39. The molecule has 4 heteroatoms. The maximum absolute atomic E-state index is 13.7. The zero-order valence-corrected chi connectivity index (χ0v) is 19.9. The van der Waals surface area contributed by atoms with E-state index in [1.54, 1.807) is 0 Å².